The Morgan fingerprint density at radius 1 is 1.13 bits per heavy atom. The van der Waals surface area contributed by atoms with Crippen LogP contribution in [-0.2, 0) is 6.42 Å². The number of ether oxygens (including phenoxy) is 3. The predicted octanol–water partition coefficient (Wildman–Crippen LogP) is 3.84. The summed E-state index contributed by atoms with van der Waals surface area (Å²) in [6, 6.07) is 9.54. The van der Waals surface area contributed by atoms with Gasteiger partial charge in [0.25, 0.3) is 5.91 Å². The van der Waals surface area contributed by atoms with Crippen LogP contribution in [0.3, 0.4) is 0 Å². The van der Waals surface area contributed by atoms with E-state index in [1.165, 1.54) is 27.4 Å². The minimum atomic E-state index is -0.336. The van der Waals surface area contributed by atoms with E-state index in [1.54, 1.807) is 41.2 Å². The van der Waals surface area contributed by atoms with Crippen molar-refractivity contribution in [3.05, 3.63) is 65.2 Å². The first-order valence-electron chi connectivity index (χ1n) is 10.00. The molecule has 7 nitrogen and oxygen atoms in total. The first-order chi connectivity index (χ1) is 15.1. The molecule has 0 radical (unpaired) electrons. The van der Waals surface area contributed by atoms with Crippen molar-refractivity contribution in [2.45, 2.75) is 25.3 Å². The van der Waals surface area contributed by atoms with Gasteiger partial charge in [-0.05, 0) is 43.5 Å². The Balaban J connectivity index is 1.63. The van der Waals surface area contributed by atoms with Crippen LogP contribution in [0, 0.1) is 5.82 Å². The minimum absolute atomic E-state index is 0.226. The lowest BCUT2D eigenvalue weighted by Crippen LogP contribution is -2.31. The number of fused-ring (bicyclic) bond motifs is 1. The smallest absolute Gasteiger partial charge is 0.252 e. The molecular weight excluding hydrogens is 401 g/mol. The Labute approximate surface area is 179 Å². The lowest BCUT2D eigenvalue weighted by atomic mass is 9.92. The summed E-state index contributed by atoms with van der Waals surface area (Å²) in [5, 5.41) is 7.48. The first-order valence-corrected chi connectivity index (χ1v) is 10.00. The van der Waals surface area contributed by atoms with Crippen molar-refractivity contribution in [1.82, 2.24) is 15.1 Å². The zero-order valence-corrected chi connectivity index (χ0v) is 17.6. The molecule has 1 heterocycles. The van der Waals surface area contributed by atoms with E-state index in [1.807, 2.05) is 0 Å². The van der Waals surface area contributed by atoms with Gasteiger partial charge in [0, 0.05) is 16.8 Å². The van der Waals surface area contributed by atoms with Crippen LogP contribution in [0.5, 0.6) is 17.2 Å². The van der Waals surface area contributed by atoms with Gasteiger partial charge in [0.2, 0.25) is 5.75 Å². The van der Waals surface area contributed by atoms with E-state index in [0.717, 1.165) is 30.5 Å². The van der Waals surface area contributed by atoms with Crippen molar-refractivity contribution < 1.29 is 23.4 Å². The maximum Gasteiger partial charge on any atom is 0.252 e. The molecular formula is C23H24FN3O4. The van der Waals surface area contributed by atoms with Crippen LogP contribution in [0.15, 0.2) is 42.6 Å². The number of halogens is 1. The summed E-state index contributed by atoms with van der Waals surface area (Å²) in [6.07, 6.45) is 4.10. The van der Waals surface area contributed by atoms with Gasteiger partial charge in [0.1, 0.15) is 11.5 Å². The van der Waals surface area contributed by atoms with E-state index in [-0.39, 0.29) is 17.8 Å². The largest absolute Gasteiger partial charge is 0.493 e. The van der Waals surface area contributed by atoms with E-state index in [9.17, 15) is 9.18 Å². The standard InChI is InChI=1S/C23H24FN3O4/c1-29-20-11-14(12-21(30-2)22(20)31-3)23(28)26-17-8-6-10-18-15(17)13-25-27(18)19-9-5-4-7-16(19)24/h4-5,7,9,11-13,17H,6,8,10H2,1-3H3,(H,26,28)/t17-/m1/s1. The quantitative estimate of drug-likeness (QED) is 0.650. The number of aromatic nitrogens is 2. The van der Waals surface area contributed by atoms with Crippen LogP contribution in [-0.4, -0.2) is 37.0 Å². The second-order valence-electron chi connectivity index (χ2n) is 7.24. The van der Waals surface area contributed by atoms with E-state index in [2.05, 4.69) is 10.4 Å². The molecule has 1 aliphatic rings. The molecule has 0 saturated heterocycles. The molecule has 1 aliphatic carbocycles. The molecule has 4 rings (SSSR count). The molecule has 1 aromatic heterocycles. The summed E-state index contributed by atoms with van der Waals surface area (Å²) in [7, 11) is 4.52. The highest BCUT2D eigenvalue weighted by Gasteiger charge is 2.27. The number of nitrogens with zero attached hydrogens (tertiary/aromatic N) is 2. The van der Waals surface area contributed by atoms with Gasteiger partial charge in [-0.25, -0.2) is 9.07 Å². The van der Waals surface area contributed by atoms with E-state index < -0.39 is 0 Å². The van der Waals surface area contributed by atoms with Crippen LogP contribution in [0.4, 0.5) is 4.39 Å². The fraction of sp³-hybridized carbons (Fsp3) is 0.304. The molecule has 0 saturated carbocycles. The summed E-state index contributed by atoms with van der Waals surface area (Å²) >= 11 is 0. The van der Waals surface area contributed by atoms with Crippen LogP contribution in [0.2, 0.25) is 0 Å². The number of carbonyl (C=O) groups is 1. The van der Waals surface area contributed by atoms with E-state index in [4.69, 9.17) is 14.2 Å². The summed E-state index contributed by atoms with van der Waals surface area (Å²) in [5.74, 6) is 0.632. The number of para-hydroxylation sites is 1. The Morgan fingerprint density at radius 3 is 2.48 bits per heavy atom. The van der Waals surface area contributed by atoms with Crippen molar-refractivity contribution in [1.29, 1.82) is 0 Å². The second kappa shape index (κ2) is 8.67. The molecule has 0 fully saturated rings. The number of amides is 1. The number of hydrogen-bond donors (Lipinski definition) is 1. The normalized spacial score (nSPS) is 15.2. The third-order valence-electron chi connectivity index (χ3n) is 5.50. The van der Waals surface area contributed by atoms with Crippen molar-refractivity contribution in [3.8, 4) is 22.9 Å². The van der Waals surface area contributed by atoms with Crippen molar-refractivity contribution in [3.63, 3.8) is 0 Å². The number of benzene rings is 2. The summed E-state index contributed by atoms with van der Waals surface area (Å²) in [5.41, 5.74) is 2.60. The fourth-order valence-electron chi connectivity index (χ4n) is 3.99. The topological polar surface area (TPSA) is 74.6 Å². The number of carbonyl (C=O) groups excluding carboxylic acids is 1. The molecule has 2 aromatic carbocycles. The van der Waals surface area contributed by atoms with Gasteiger partial charge < -0.3 is 19.5 Å². The van der Waals surface area contributed by atoms with Gasteiger partial charge in [-0.2, -0.15) is 5.10 Å². The van der Waals surface area contributed by atoms with E-state index >= 15 is 0 Å². The molecule has 1 atom stereocenters. The van der Waals surface area contributed by atoms with Gasteiger partial charge in [-0.1, -0.05) is 12.1 Å². The van der Waals surface area contributed by atoms with Crippen LogP contribution >= 0.6 is 0 Å². The van der Waals surface area contributed by atoms with Gasteiger partial charge in [-0.15, -0.1) is 0 Å². The molecule has 0 spiro atoms. The van der Waals surface area contributed by atoms with Crippen LogP contribution < -0.4 is 19.5 Å². The summed E-state index contributed by atoms with van der Waals surface area (Å²) in [4.78, 5) is 13.0. The highest BCUT2D eigenvalue weighted by molar-refractivity contribution is 5.96. The van der Waals surface area contributed by atoms with Crippen molar-refractivity contribution in [2.75, 3.05) is 21.3 Å². The SMILES string of the molecule is COc1cc(C(=O)N[C@@H]2CCCc3c2cnn3-c2ccccc2F)cc(OC)c1OC. The summed E-state index contributed by atoms with van der Waals surface area (Å²) in [6.45, 7) is 0. The Kier molecular flexibility index (Phi) is 5.79. The Bertz CT molecular complexity index is 1090. The molecule has 3 aromatic rings. The average molecular weight is 425 g/mol. The lowest BCUT2D eigenvalue weighted by Gasteiger charge is -2.24. The van der Waals surface area contributed by atoms with E-state index in [0.29, 0.717) is 28.5 Å². The molecule has 1 amide bonds. The zero-order valence-electron chi connectivity index (χ0n) is 17.6. The highest BCUT2D eigenvalue weighted by Crippen LogP contribution is 2.38. The molecule has 1 N–H and O–H groups in total. The number of rotatable bonds is 6. The monoisotopic (exact) mass is 425 g/mol. The van der Waals surface area contributed by atoms with Gasteiger partial charge in [0.05, 0.1) is 33.6 Å². The number of hydrogen-bond acceptors (Lipinski definition) is 5. The second-order valence-corrected chi connectivity index (χ2v) is 7.24. The average Bonchev–Trinajstić information content (AvgIpc) is 3.23. The minimum Gasteiger partial charge on any atom is -0.493 e. The Hall–Kier alpha value is -3.55. The van der Waals surface area contributed by atoms with Crippen molar-refractivity contribution >= 4 is 5.91 Å². The third kappa shape index (κ3) is 3.81. The fourth-order valence-corrected chi connectivity index (χ4v) is 3.99. The number of nitrogens with one attached hydrogen (secondary N) is 1. The Morgan fingerprint density at radius 2 is 1.84 bits per heavy atom. The van der Waals surface area contributed by atoms with Gasteiger partial charge in [-0.3, -0.25) is 4.79 Å². The van der Waals surface area contributed by atoms with Crippen LogP contribution in [0.25, 0.3) is 5.69 Å². The molecule has 8 heteroatoms. The molecule has 162 valence electrons. The van der Waals surface area contributed by atoms with Gasteiger partial charge >= 0.3 is 0 Å². The number of methoxy groups -OCH3 is 3. The van der Waals surface area contributed by atoms with Crippen molar-refractivity contribution in [2.24, 2.45) is 0 Å². The first kappa shape index (κ1) is 20.7. The molecule has 0 bridgehead atoms. The lowest BCUT2D eigenvalue weighted by molar-refractivity contribution is 0.0932. The predicted molar refractivity (Wildman–Crippen MR) is 113 cm³/mol. The molecule has 0 aliphatic heterocycles. The molecule has 31 heavy (non-hydrogen) atoms. The maximum absolute atomic E-state index is 14.3. The zero-order chi connectivity index (χ0) is 22.0. The van der Waals surface area contributed by atoms with Gasteiger partial charge in [0.15, 0.2) is 11.5 Å². The van der Waals surface area contributed by atoms with Crippen LogP contribution in [0.1, 0.15) is 40.5 Å². The highest BCUT2D eigenvalue weighted by atomic mass is 19.1. The summed E-state index contributed by atoms with van der Waals surface area (Å²) < 4.78 is 31.9. The molecule has 0 unspecified atom stereocenters. The third-order valence-corrected chi connectivity index (χ3v) is 5.50. The maximum atomic E-state index is 14.3.